The number of nitrogens with one attached hydrogen (secondary N) is 1. The fourth-order valence-electron chi connectivity index (χ4n) is 3.31. The molecule has 1 fully saturated rings. The smallest absolute Gasteiger partial charge is 0.253 e. The van der Waals surface area contributed by atoms with E-state index < -0.39 is 0 Å². The van der Waals surface area contributed by atoms with Crippen molar-refractivity contribution in [3.05, 3.63) is 60.2 Å². The average Bonchev–Trinajstić information content (AvgIpc) is 3.32. The van der Waals surface area contributed by atoms with Crippen molar-refractivity contribution < 1.29 is 9.59 Å². The molecule has 0 unspecified atom stereocenters. The van der Waals surface area contributed by atoms with E-state index in [1.54, 1.807) is 7.05 Å². The van der Waals surface area contributed by atoms with Gasteiger partial charge < -0.3 is 15.1 Å². The van der Waals surface area contributed by atoms with Crippen LogP contribution in [0.1, 0.15) is 10.4 Å². The number of carbonyl (C=O) groups is 2. The van der Waals surface area contributed by atoms with Crippen molar-refractivity contribution in [2.24, 2.45) is 0 Å². The van der Waals surface area contributed by atoms with Gasteiger partial charge in [0.2, 0.25) is 11.0 Å². The van der Waals surface area contributed by atoms with Crippen LogP contribution in [0.15, 0.2) is 58.9 Å². The molecule has 1 saturated heterocycles. The number of benzene rings is 2. The summed E-state index contributed by atoms with van der Waals surface area (Å²) in [6, 6.07) is 17.9. The van der Waals surface area contributed by atoms with Gasteiger partial charge in [-0.25, -0.2) is 0 Å². The van der Waals surface area contributed by atoms with E-state index in [0.717, 1.165) is 20.6 Å². The number of carbonyl (C=O) groups excluding carboxylic acids is 2. The first kappa shape index (κ1) is 21.3. The number of nitrogens with zero attached hydrogens (tertiary/aromatic N) is 4. The maximum absolute atomic E-state index is 12.9. The monoisotopic (exact) mass is 453 g/mol. The Morgan fingerprint density at radius 2 is 1.65 bits per heavy atom. The number of thioether (sulfide) groups is 1. The largest absolute Gasteiger partial charge is 0.358 e. The molecule has 7 nitrogen and oxygen atoms in total. The minimum Gasteiger partial charge on any atom is -0.358 e. The lowest BCUT2D eigenvalue weighted by Gasteiger charge is -2.34. The van der Waals surface area contributed by atoms with Gasteiger partial charge >= 0.3 is 0 Å². The lowest BCUT2D eigenvalue weighted by molar-refractivity contribution is -0.118. The van der Waals surface area contributed by atoms with Crippen LogP contribution < -0.4 is 10.2 Å². The lowest BCUT2D eigenvalue weighted by Crippen LogP contribution is -2.48. The molecule has 31 heavy (non-hydrogen) atoms. The summed E-state index contributed by atoms with van der Waals surface area (Å²) in [5.74, 6) is 0.347. The van der Waals surface area contributed by atoms with E-state index in [1.165, 1.54) is 23.1 Å². The summed E-state index contributed by atoms with van der Waals surface area (Å²) in [4.78, 5) is 28.3. The van der Waals surface area contributed by atoms with Gasteiger partial charge in [-0.1, -0.05) is 65.6 Å². The summed E-state index contributed by atoms with van der Waals surface area (Å²) in [6.07, 6.45) is 0. The summed E-state index contributed by atoms with van der Waals surface area (Å²) in [7, 11) is 1.62. The van der Waals surface area contributed by atoms with E-state index in [9.17, 15) is 9.59 Å². The molecule has 0 aliphatic carbocycles. The van der Waals surface area contributed by atoms with Crippen LogP contribution in [0.5, 0.6) is 0 Å². The van der Waals surface area contributed by atoms with E-state index in [1.807, 2.05) is 47.4 Å². The SMILES string of the molecule is CNC(=O)CSc1nnc(N2CCN(C(=O)c3ccc(-c4ccccc4)cc3)CC2)s1. The minimum absolute atomic E-state index is 0.0364. The van der Waals surface area contributed by atoms with Gasteiger partial charge in [0.1, 0.15) is 0 Å². The highest BCUT2D eigenvalue weighted by molar-refractivity contribution is 8.01. The van der Waals surface area contributed by atoms with Crippen molar-refractivity contribution in [1.82, 2.24) is 20.4 Å². The van der Waals surface area contributed by atoms with E-state index in [0.29, 0.717) is 37.5 Å². The summed E-state index contributed by atoms with van der Waals surface area (Å²) >= 11 is 2.86. The molecule has 0 bridgehead atoms. The number of aromatic nitrogens is 2. The first-order valence-electron chi connectivity index (χ1n) is 10.0. The van der Waals surface area contributed by atoms with Crippen molar-refractivity contribution in [3.63, 3.8) is 0 Å². The molecule has 0 radical (unpaired) electrons. The van der Waals surface area contributed by atoms with Gasteiger partial charge in [0.15, 0.2) is 4.34 Å². The molecule has 0 spiro atoms. The van der Waals surface area contributed by atoms with Crippen LogP contribution in [-0.4, -0.2) is 65.9 Å². The van der Waals surface area contributed by atoms with Crippen LogP contribution in [0.2, 0.25) is 0 Å². The normalized spacial score (nSPS) is 13.8. The fourth-order valence-corrected chi connectivity index (χ4v) is 5.07. The Bertz CT molecular complexity index is 1030. The molecule has 4 rings (SSSR count). The minimum atomic E-state index is -0.0364. The maximum atomic E-state index is 12.9. The highest BCUT2D eigenvalue weighted by Crippen LogP contribution is 2.28. The average molecular weight is 454 g/mol. The molecule has 2 heterocycles. The molecule has 9 heteroatoms. The Hall–Kier alpha value is -2.91. The number of hydrogen-bond donors (Lipinski definition) is 1. The van der Waals surface area contributed by atoms with Crippen molar-refractivity contribution in [2.45, 2.75) is 4.34 Å². The zero-order chi connectivity index (χ0) is 21.6. The molecule has 2 aromatic carbocycles. The molecule has 2 amide bonds. The second kappa shape index (κ2) is 9.93. The Morgan fingerprint density at radius 1 is 0.968 bits per heavy atom. The summed E-state index contributed by atoms with van der Waals surface area (Å²) in [5, 5.41) is 11.8. The van der Waals surface area contributed by atoms with Crippen LogP contribution in [0.3, 0.4) is 0 Å². The molecule has 1 aliphatic rings. The standard InChI is InChI=1S/C22H23N5O2S2/c1-23-19(28)15-30-22-25-24-21(31-22)27-13-11-26(12-14-27)20(29)18-9-7-17(8-10-18)16-5-3-2-4-6-16/h2-10H,11-15H2,1H3,(H,23,28). The Balaban J connectivity index is 1.32. The van der Waals surface area contributed by atoms with E-state index in [-0.39, 0.29) is 11.8 Å². The quantitative estimate of drug-likeness (QED) is 0.578. The fraction of sp³-hybridized carbons (Fsp3) is 0.273. The third-order valence-corrected chi connectivity index (χ3v) is 7.20. The zero-order valence-corrected chi connectivity index (χ0v) is 18.8. The van der Waals surface area contributed by atoms with E-state index in [2.05, 4.69) is 32.5 Å². The van der Waals surface area contributed by atoms with Gasteiger partial charge in [-0.05, 0) is 23.3 Å². The maximum Gasteiger partial charge on any atom is 0.253 e. The van der Waals surface area contributed by atoms with Gasteiger partial charge in [0.05, 0.1) is 5.75 Å². The molecular formula is C22H23N5O2S2. The van der Waals surface area contributed by atoms with Crippen LogP contribution >= 0.6 is 23.1 Å². The number of hydrogen-bond acceptors (Lipinski definition) is 7. The van der Waals surface area contributed by atoms with Gasteiger partial charge in [-0.2, -0.15) is 0 Å². The van der Waals surface area contributed by atoms with Gasteiger partial charge in [-0.15, -0.1) is 10.2 Å². The molecular weight excluding hydrogens is 430 g/mol. The highest BCUT2D eigenvalue weighted by Gasteiger charge is 2.24. The van der Waals surface area contributed by atoms with Crippen molar-refractivity contribution in [2.75, 3.05) is 43.9 Å². The van der Waals surface area contributed by atoms with Crippen molar-refractivity contribution >= 4 is 40.0 Å². The summed E-state index contributed by atoms with van der Waals surface area (Å²) in [6.45, 7) is 2.70. The van der Waals surface area contributed by atoms with Crippen LogP contribution in [0, 0.1) is 0 Å². The molecule has 1 aliphatic heterocycles. The highest BCUT2D eigenvalue weighted by atomic mass is 32.2. The number of amides is 2. The molecule has 160 valence electrons. The lowest BCUT2D eigenvalue weighted by atomic mass is 10.0. The predicted octanol–water partition coefficient (Wildman–Crippen LogP) is 3.01. The van der Waals surface area contributed by atoms with Gasteiger partial charge in [-0.3, -0.25) is 9.59 Å². The third kappa shape index (κ3) is 5.23. The summed E-state index contributed by atoms with van der Waals surface area (Å²) in [5.41, 5.74) is 2.94. The van der Waals surface area contributed by atoms with Crippen LogP contribution in [0.25, 0.3) is 11.1 Å². The Kier molecular flexibility index (Phi) is 6.83. The second-order valence-corrected chi connectivity index (χ2v) is 9.21. The molecule has 3 aromatic rings. The first-order chi connectivity index (χ1) is 15.1. The number of anilines is 1. The Morgan fingerprint density at radius 3 is 2.32 bits per heavy atom. The number of piperazine rings is 1. The molecule has 0 saturated carbocycles. The van der Waals surface area contributed by atoms with E-state index >= 15 is 0 Å². The van der Waals surface area contributed by atoms with Crippen molar-refractivity contribution in [3.8, 4) is 11.1 Å². The van der Waals surface area contributed by atoms with Crippen LogP contribution in [-0.2, 0) is 4.79 Å². The van der Waals surface area contributed by atoms with Crippen LogP contribution in [0.4, 0.5) is 5.13 Å². The van der Waals surface area contributed by atoms with Crippen molar-refractivity contribution in [1.29, 1.82) is 0 Å². The Labute approximate surface area is 189 Å². The van der Waals surface area contributed by atoms with Gasteiger partial charge in [0.25, 0.3) is 5.91 Å². The molecule has 0 atom stereocenters. The predicted molar refractivity (Wildman–Crippen MR) is 125 cm³/mol. The zero-order valence-electron chi connectivity index (χ0n) is 17.2. The first-order valence-corrected chi connectivity index (χ1v) is 11.8. The second-order valence-electron chi connectivity index (χ2n) is 7.04. The van der Waals surface area contributed by atoms with E-state index in [4.69, 9.17) is 0 Å². The third-order valence-electron chi connectivity index (χ3n) is 5.08. The summed E-state index contributed by atoms with van der Waals surface area (Å²) < 4.78 is 0.774. The number of rotatable bonds is 6. The molecule has 1 aromatic heterocycles. The molecule has 1 N–H and O–H groups in total. The topological polar surface area (TPSA) is 78.4 Å². The van der Waals surface area contributed by atoms with Gasteiger partial charge in [0, 0.05) is 38.8 Å².